The third kappa shape index (κ3) is 2.84. The Bertz CT molecular complexity index is 143. The number of hydrogen-bond acceptors (Lipinski definition) is 2. The highest BCUT2D eigenvalue weighted by Gasteiger charge is 2.22. The van der Waals surface area contributed by atoms with E-state index in [4.69, 9.17) is 4.74 Å². The van der Waals surface area contributed by atoms with Crippen LogP contribution in [0.5, 0.6) is 0 Å². The topological polar surface area (TPSA) is 26.3 Å². The van der Waals surface area contributed by atoms with Gasteiger partial charge >= 0.3 is 5.97 Å². The second-order valence-electron chi connectivity index (χ2n) is 3.50. The van der Waals surface area contributed by atoms with Crippen LogP contribution in [-0.2, 0) is 9.53 Å². The molecule has 0 radical (unpaired) electrons. The summed E-state index contributed by atoms with van der Waals surface area (Å²) in [6, 6.07) is 0. The monoisotopic (exact) mass is 170 g/mol. The third-order valence-electron chi connectivity index (χ3n) is 2.43. The lowest BCUT2D eigenvalue weighted by molar-refractivity contribution is -0.153. The van der Waals surface area contributed by atoms with Gasteiger partial charge in [-0.05, 0) is 19.3 Å². The lowest BCUT2D eigenvalue weighted by Crippen LogP contribution is -2.23. The molecular formula is C10H18O2. The fourth-order valence-corrected chi connectivity index (χ4v) is 1.64. The van der Waals surface area contributed by atoms with Crippen LogP contribution in [-0.4, -0.2) is 12.6 Å². The highest BCUT2D eigenvalue weighted by atomic mass is 16.5. The number of esters is 1. The van der Waals surface area contributed by atoms with Crippen LogP contribution in [0.3, 0.4) is 0 Å². The first kappa shape index (κ1) is 9.56. The largest absolute Gasteiger partial charge is 0.465 e. The third-order valence-corrected chi connectivity index (χ3v) is 2.43. The van der Waals surface area contributed by atoms with Crippen molar-refractivity contribution in [2.24, 2.45) is 5.92 Å². The molecule has 1 aliphatic rings. The van der Waals surface area contributed by atoms with E-state index in [0.29, 0.717) is 6.61 Å². The first-order chi connectivity index (χ1) is 5.84. The van der Waals surface area contributed by atoms with Crippen LogP contribution < -0.4 is 0 Å². The first-order valence-electron chi connectivity index (χ1n) is 5.01. The predicted molar refractivity (Wildman–Crippen MR) is 47.8 cm³/mol. The first-order valence-corrected chi connectivity index (χ1v) is 5.01. The van der Waals surface area contributed by atoms with Crippen molar-refractivity contribution in [3.8, 4) is 0 Å². The second kappa shape index (κ2) is 5.18. The van der Waals surface area contributed by atoms with Crippen LogP contribution in [0, 0.1) is 5.92 Å². The van der Waals surface area contributed by atoms with Gasteiger partial charge in [-0.3, -0.25) is 4.79 Å². The molecule has 0 saturated carbocycles. The van der Waals surface area contributed by atoms with E-state index in [9.17, 15) is 4.79 Å². The molecule has 0 aromatic carbocycles. The summed E-state index contributed by atoms with van der Waals surface area (Å²) in [6.07, 6.45) is 6.78. The summed E-state index contributed by atoms with van der Waals surface area (Å²) >= 11 is 0. The molecule has 0 unspecified atom stereocenters. The number of carbonyl (C=O) groups is 1. The van der Waals surface area contributed by atoms with Gasteiger partial charge in [-0.15, -0.1) is 0 Å². The molecule has 1 saturated heterocycles. The van der Waals surface area contributed by atoms with Crippen LogP contribution in [0.4, 0.5) is 0 Å². The number of rotatable bonds is 4. The molecule has 70 valence electrons. The minimum absolute atomic E-state index is 0.0392. The van der Waals surface area contributed by atoms with Gasteiger partial charge in [0.15, 0.2) is 0 Å². The molecule has 0 N–H and O–H groups in total. The van der Waals surface area contributed by atoms with Crippen molar-refractivity contribution < 1.29 is 9.53 Å². The number of unbranched alkanes of at least 4 members (excludes halogenated alkanes) is 2. The molecule has 1 fully saturated rings. The van der Waals surface area contributed by atoms with E-state index in [2.05, 4.69) is 6.92 Å². The molecular weight excluding hydrogens is 152 g/mol. The van der Waals surface area contributed by atoms with Crippen molar-refractivity contribution in [2.45, 2.75) is 45.4 Å². The molecule has 2 nitrogen and oxygen atoms in total. The predicted octanol–water partition coefficient (Wildman–Crippen LogP) is 2.52. The molecule has 1 atom stereocenters. The van der Waals surface area contributed by atoms with E-state index in [1.54, 1.807) is 0 Å². The van der Waals surface area contributed by atoms with Gasteiger partial charge in [-0.1, -0.05) is 26.2 Å². The quantitative estimate of drug-likeness (QED) is 0.478. The molecule has 0 amide bonds. The van der Waals surface area contributed by atoms with Crippen LogP contribution in [0.25, 0.3) is 0 Å². The Morgan fingerprint density at radius 3 is 3.00 bits per heavy atom. The Hall–Kier alpha value is -0.530. The molecule has 2 heteroatoms. The Balaban J connectivity index is 2.16. The molecule has 0 aromatic heterocycles. The zero-order valence-corrected chi connectivity index (χ0v) is 7.84. The van der Waals surface area contributed by atoms with Crippen LogP contribution in [0.2, 0.25) is 0 Å². The highest BCUT2D eigenvalue weighted by Crippen LogP contribution is 2.21. The summed E-state index contributed by atoms with van der Waals surface area (Å²) in [5.74, 6) is 0.252. The Labute approximate surface area is 74.3 Å². The Kier molecular flexibility index (Phi) is 4.12. The average Bonchev–Trinajstić information content (AvgIpc) is 2.09. The Morgan fingerprint density at radius 2 is 2.33 bits per heavy atom. The van der Waals surface area contributed by atoms with Crippen LogP contribution >= 0.6 is 0 Å². The average molecular weight is 170 g/mol. The van der Waals surface area contributed by atoms with Gasteiger partial charge < -0.3 is 4.74 Å². The fourth-order valence-electron chi connectivity index (χ4n) is 1.64. The maximum absolute atomic E-state index is 11.2. The molecule has 0 aliphatic carbocycles. The van der Waals surface area contributed by atoms with Gasteiger partial charge in [-0.25, -0.2) is 0 Å². The number of cyclic esters (lactones) is 1. The van der Waals surface area contributed by atoms with E-state index in [0.717, 1.165) is 19.3 Å². The minimum atomic E-state index is 0.0392. The fraction of sp³-hybridized carbons (Fsp3) is 0.900. The van der Waals surface area contributed by atoms with E-state index in [1.807, 2.05) is 0 Å². The van der Waals surface area contributed by atoms with Gasteiger partial charge in [0, 0.05) is 0 Å². The lowest BCUT2D eigenvalue weighted by atomic mass is 9.95. The normalized spacial score (nSPS) is 23.8. The zero-order chi connectivity index (χ0) is 8.81. The lowest BCUT2D eigenvalue weighted by Gasteiger charge is -2.20. The molecule has 1 heterocycles. The van der Waals surface area contributed by atoms with Gasteiger partial charge in [-0.2, -0.15) is 0 Å². The van der Waals surface area contributed by atoms with Crippen molar-refractivity contribution in [1.29, 1.82) is 0 Å². The van der Waals surface area contributed by atoms with Crippen molar-refractivity contribution in [1.82, 2.24) is 0 Å². The number of carbonyl (C=O) groups excluding carboxylic acids is 1. The number of hydrogen-bond donors (Lipinski definition) is 0. The van der Waals surface area contributed by atoms with Crippen molar-refractivity contribution >= 4 is 5.97 Å². The van der Waals surface area contributed by atoms with Crippen molar-refractivity contribution in [2.75, 3.05) is 6.61 Å². The molecule has 1 aliphatic heterocycles. The Morgan fingerprint density at radius 1 is 1.50 bits per heavy atom. The van der Waals surface area contributed by atoms with Gasteiger partial charge in [0.05, 0.1) is 12.5 Å². The molecule has 0 bridgehead atoms. The van der Waals surface area contributed by atoms with Crippen LogP contribution in [0.1, 0.15) is 45.4 Å². The van der Waals surface area contributed by atoms with Gasteiger partial charge in [0.25, 0.3) is 0 Å². The van der Waals surface area contributed by atoms with E-state index in [1.165, 1.54) is 19.3 Å². The SMILES string of the molecule is CCCCC[C@H]1CCCOC1=O. The zero-order valence-electron chi connectivity index (χ0n) is 7.84. The van der Waals surface area contributed by atoms with Crippen molar-refractivity contribution in [3.05, 3.63) is 0 Å². The maximum atomic E-state index is 11.2. The van der Waals surface area contributed by atoms with E-state index < -0.39 is 0 Å². The summed E-state index contributed by atoms with van der Waals surface area (Å²) in [7, 11) is 0. The standard InChI is InChI=1S/C10H18O2/c1-2-3-4-6-9-7-5-8-12-10(9)11/h9H,2-8H2,1H3/t9-/m0/s1. The number of ether oxygens (including phenoxy) is 1. The summed E-state index contributed by atoms with van der Waals surface area (Å²) in [4.78, 5) is 11.2. The van der Waals surface area contributed by atoms with E-state index in [-0.39, 0.29) is 11.9 Å². The summed E-state index contributed by atoms with van der Waals surface area (Å²) in [5.41, 5.74) is 0. The second-order valence-corrected chi connectivity index (χ2v) is 3.50. The van der Waals surface area contributed by atoms with Gasteiger partial charge in [0.1, 0.15) is 0 Å². The summed E-state index contributed by atoms with van der Waals surface area (Å²) < 4.78 is 4.98. The highest BCUT2D eigenvalue weighted by molar-refractivity contribution is 5.72. The van der Waals surface area contributed by atoms with Crippen LogP contribution in [0.15, 0.2) is 0 Å². The summed E-state index contributed by atoms with van der Waals surface area (Å²) in [6.45, 7) is 2.82. The smallest absolute Gasteiger partial charge is 0.308 e. The minimum Gasteiger partial charge on any atom is -0.465 e. The molecule has 12 heavy (non-hydrogen) atoms. The maximum Gasteiger partial charge on any atom is 0.308 e. The van der Waals surface area contributed by atoms with Crippen molar-refractivity contribution in [3.63, 3.8) is 0 Å². The molecule has 0 aromatic rings. The summed E-state index contributed by atoms with van der Waals surface area (Å²) in [5, 5.41) is 0. The molecule has 1 rings (SSSR count). The van der Waals surface area contributed by atoms with E-state index >= 15 is 0 Å². The molecule has 0 spiro atoms. The van der Waals surface area contributed by atoms with Gasteiger partial charge in [0.2, 0.25) is 0 Å².